The maximum atomic E-state index is 12.3. The van der Waals surface area contributed by atoms with Crippen LogP contribution in [0.4, 0.5) is 11.4 Å². The molecule has 8 nitrogen and oxygen atoms in total. The number of aromatic nitrogens is 3. The molecule has 0 radical (unpaired) electrons. The van der Waals surface area contributed by atoms with E-state index in [0.717, 1.165) is 21.6 Å². The first-order valence-corrected chi connectivity index (χ1v) is 11.4. The molecule has 0 aliphatic heterocycles. The Bertz CT molecular complexity index is 1050. The molecule has 2 aromatic heterocycles. The predicted molar refractivity (Wildman–Crippen MR) is 119 cm³/mol. The molecule has 29 heavy (non-hydrogen) atoms. The Balaban J connectivity index is 1.69. The highest BCUT2D eigenvalue weighted by molar-refractivity contribution is 9.10. The number of aryl methyl sites for hydroxylation is 1. The van der Waals surface area contributed by atoms with Gasteiger partial charge in [0.15, 0.2) is 11.0 Å². The van der Waals surface area contributed by atoms with Gasteiger partial charge in [0.25, 0.3) is 5.69 Å². The monoisotopic (exact) mass is 495 g/mol. The highest BCUT2D eigenvalue weighted by atomic mass is 79.9. The van der Waals surface area contributed by atoms with Crippen molar-refractivity contribution in [1.29, 1.82) is 0 Å². The Morgan fingerprint density at radius 1 is 1.34 bits per heavy atom. The van der Waals surface area contributed by atoms with Gasteiger partial charge >= 0.3 is 0 Å². The first kappa shape index (κ1) is 21.5. The number of amides is 1. The van der Waals surface area contributed by atoms with Crippen LogP contribution in [0.25, 0.3) is 10.7 Å². The van der Waals surface area contributed by atoms with E-state index >= 15 is 0 Å². The molecule has 1 amide bonds. The first-order valence-electron chi connectivity index (χ1n) is 8.81. The third-order valence-electron chi connectivity index (χ3n) is 4.01. The van der Waals surface area contributed by atoms with Crippen LogP contribution in [0.15, 0.2) is 40.0 Å². The van der Waals surface area contributed by atoms with E-state index in [9.17, 15) is 14.9 Å². The van der Waals surface area contributed by atoms with Crippen molar-refractivity contribution in [2.24, 2.45) is 0 Å². The third kappa shape index (κ3) is 5.03. The second kappa shape index (κ2) is 9.51. The summed E-state index contributed by atoms with van der Waals surface area (Å²) in [5, 5.41) is 22.7. The molecule has 1 N–H and O–H groups in total. The van der Waals surface area contributed by atoms with Gasteiger partial charge < -0.3 is 9.88 Å². The van der Waals surface area contributed by atoms with Gasteiger partial charge in [-0.1, -0.05) is 24.8 Å². The minimum Gasteiger partial charge on any atom is -0.325 e. The van der Waals surface area contributed by atoms with E-state index in [-0.39, 0.29) is 17.3 Å². The number of nitrogens with zero attached hydrogens (tertiary/aromatic N) is 4. The summed E-state index contributed by atoms with van der Waals surface area (Å²) in [7, 11) is 0. The van der Waals surface area contributed by atoms with Crippen LogP contribution in [0.3, 0.4) is 0 Å². The standard InChI is InChI=1S/C18H18BrN5O3S2/c1-3-14-13(19)9-15(29-14)17-21-22-18(23(17)4-2)28-10-16(25)20-11-6-5-7-12(8-11)24(26)27/h5-9H,3-4,10H2,1-2H3,(H,20,25). The van der Waals surface area contributed by atoms with E-state index in [0.29, 0.717) is 17.4 Å². The molecule has 0 aliphatic rings. The number of nitro benzene ring substituents is 1. The van der Waals surface area contributed by atoms with E-state index in [4.69, 9.17) is 0 Å². The number of hydrogen-bond acceptors (Lipinski definition) is 7. The Morgan fingerprint density at radius 2 is 2.14 bits per heavy atom. The smallest absolute Gasteiger partial charge is 0.271 e. The number of halogens is 1. The molecule has 0 unspecified atom stereocenters. The fourth-order valence-electron chi connectivity index (χ4n) is 2.64. The molecule has 11 heteroatoms. The quantitative estimate of drug-likeness (QED) is 0.268. The molecule has 0 saturated carbocycles. The molecular formula is C18H18BrN5O3S2. The molecule has 3 rings (SSSR count). The number of thioether (sulfide) groups is 1. The predicted octanol–water partition coefficient (Wildman–Crippen LogP) is 4.99. The number of anilines is 1. The summed E-state index contributed by atoms with van der Waals surface area (Å²) < 4.78 is 3.04. The lowest BCUT2D eigenvalue weighted by molar-refractivity contribution is -0.384. The van der Waals surface area contributed by atoms with E-state index < -0.39 is 4.92 Å². The lowest BCUT2D eigenvalue weighted by atomic mass is 10.3. The topological polar surface area (TPSA) is 103 Å². The molecular weight excluding hydrogens is 478 g/mol. The zero-order chi connectivity index (χ0) is 21.0. The van der Waals surface area contributed by atoms with E-state index in [1.165, 1.54) is 34.8 Å². The Kier molecular flexibility index (Phi) is 7.04. The maximum Gasteiger partial charge on any atom is 0.271 e. The Hall–Kier alpha value is -2.24. The van der Waals surface area contributed by atoms with Gasteiger partial charge in [-0.05, 0) is 41.4 Å². The lowest BCUT2D eigenvalue weighted by Gasteiger charge is -2.07. The van der Waals surface area contributed by atoms with Gasteiger partial charge in [-0.15, -0.1) is 21.5 Å². The number of non-ortho nitro benzene ring substituents is 1. The minimum absolute atomic E-state index is 0.0700. The largest absolute Gasteiger partial charge is 0.325 e. The van der Waals surface area contributed by atoms with Gasteiger partial charge in [0.1, 0.15) is 0 Å². The van der Waals surface area contributed by atoms with Crippen molar-refractivity contribution in [2.75, 3.05) is 11.1 Å². The number of thiophene rings is 1. The molecule has 3 aromatic rings. The number of nitrogens with one attached hydrogen (secondary N) is 1. The number of hydrogen-bond donors (Lipinski definition) is 1. The molecule has 0 spiro atoms. The summed E-state index contributed by atoms with van der Waals surface area (Å²) in [6.45, 7) is 4.78. The Morgan fingerprint density at radius 3 is 2.79 bits per heavy atom. The Labute approximate surface area is 184 Å². The molecule has 0 fully saturated rings. The van der Waals surface area contributed by atoms with Crippen LogP contribution in [-0.4, -0.2) is 31.3 Å². The van der Waals surface area contributed by atoms with Crippen molar-refractivity contribution in [3.05, 3.63) is 49.8 Å². The molecule has 1 aromatic carbocycles. The number of rotatable bonds is 8. The van der Waals surface area contributed by atoms with Crippen molar-refractivity contribution in [1.82, 2.24) is 14.8 Å². The van der Waals surface area contributed by atoms with Crippen molar-refractivity contribution >= 4 is 56.3 Å². The zero-order valence-corrected chi connectivity index (χ0v) is 18.9. The average molecular weight is 496 g/mol. The molecule has 0 atom stereocenters. The van der Waals surface area contributed by atoms with Gasteiger partial charge in [0, 0.05) is 33.7 Å². The summed E-state index contributed by atoms with van der Waals surface area (Å²) in [5.41, 5.74) is 0.317. The van der Waals surface area contributed by atoms with Crippen LogP contribution in [-0.2, 0) is 17.8 Å². The molecule has 152 valence electrons. The first-order chi connectivity index (χ1) is 13.9. The normalized spacial score (nSPS) is 10.9. The SMILES string of the molecule is CCc1sc(-c2nnc(SCC(=O)Nc3cccc([N+](=O)[O-])c3)n2CC)cc1Br. The number of carbonyl (C=O) groups excluding carboxylic acids is 1. The molecule has 0 aliphatic carbocycles. The average Bonchev–Trinajstić information content (AvgIpc) is 3.28. The van der Waals surface area contributed by atoms with Gasteiger partial charge in [0.2, 0.25) is 5.91 Å². The summed E-state index contributed by atoms with van der Waals surface area (Å²) >= 11 is 6.53. The van der Waals surface area contributed by atoms with Crippen LogP contribution in [0.5, 0.6) is 0 Å². The van der Waals surface area contributed by atoms with E-state index in [1.807, 2.05) is 17.6 Å². The summed E-state index contributed by atoms with van der Waals surface area (Å²) in [5.74, 6) is 0.629. The van der Waals surface area contributed by atoms with Crippen molar-refractivity contribution in [3.8, 4) is 10.7 Å². The molecule has 0 saturated heterocycles. The number of carbonyl (C=O) groups is 1. The highest BCUT2D eigenvalue weighted by Gasteiger charge is 2.18. The van der Waals surface area contributed by atoms with Gasteiger partial charge in [-0.2, -0.15) is 0 Å². The van der Waals surface area contributed by atoms with Crippen molar-refractivity contribution < 1.29 is 9.72 Å². The molecule has 2 heterocycles. The lowest BCUT2D eigenvalue weighted by Crippen LogP contribution is -2.14. The van der Waals surface area contributed by atoms with Crippen LogP contribution in [0.2, 0.25) is 0 Å². The van der Waals surface area contributed by atoms with Crippen LogP contribution in [0.1, 0.15) is 18.7 Å². The van der Waals surface area contributed by atoms with Crippen LogP contribution < -0.4 is 5.32 Å². The fourth-order valence-corrected chi connectivity index (χ4v) is 5.34. The zero-order valence-electron chi connectivity index (χ0n) is 15.7. The highest BCUT2D eigenvalue weighted by Crippen LogP contribution is 2.35. The van der Waals surface area contributed by atoms with E-state index in [1.54, 1.807) is 17.4 Å². The van der Waals surface area contributed by atoms with Crippen molar-refractivity contribution in [2.45, 2.75) is 32.0 Å². The van der Waals surface area contributed by atoms with Crippen LogP contribution in [0, 0.1) is 10.1 Å². The number of nitro groups is 1. The summed E-state index contributed by atoms with van der Waals surface area (Å²) in [6, 6.07) is 7.90. The summed E-state index contributed by atoms with van der Waals surface area (Å²) in [4.78, 5) is 24.9. The van der Waals surface area contributed by atoms with Crippen molar-refractivity contribution in [3.63, 3.8) is 0 Å². The third-order valence-corrected chi connectivity index (χ3v) is 7.22. The van der Waals surface area contributed by atoms with Gasteiger partial charge in [0.05, 0.1) is 15.6 Å². The fraction of sp³-hybridized carbons (Fsp3) is 0.278. The second-order valence-electron chi connectivity index (χ2n) is 5.93. The van der Waals surface area contributed by atoms with Gasteiger partial charge in [-0.3, -0.25) is 14.9 Å². The second-order valence-corrected chi connectivity index (χ2v) is 8.86. The minimum atomic E-state index is -0.497. The van der Waals surface area contributed by atoms with Gasteiger partial charge in [-0.25, -0.2) is 0 Å². The molecule has 0 bridgehead atoms. The summed E-state index contributed by atoms with van der Waals surface area (Å²) in [6.07, 6.45) is 0.935. The number of benzene rings is 1. The van der Waals surface area contributed by atoms with E-state index in [2.05, 4.69) is 38.4 Å². The maximum absolute atomic E-state index is 12.3. The van der Waals surface area contributed by atoms with Crippen LogP contribution >= 0.6 is 39.0 Å².